The lowest BCUT2D eigenvalue weighted by Crippen LogP contribution is -1.99. The molecule has 1 rings (SSSR count). The molecule has 0 saturated carbocycles. The Balaban J connectivity index is 0. The van der Waals surface area contributed by atoms with Crippen molar-refractivity contribution in [3.05, 3.63) is 42.5 Å². The van der Waals surface area contributed by atoms with E-state index in [0.717, 1.165) is 0 Å². The fourth-order valence-corrected chi connectivity index (χ4v) is 1.57. The van der Waals surface area contributed by atoms with Gasteiger partial charge in [0, 0.05) is 0 Å². The van der Waals surface area contributed by atoms with E-state index < -0.39 is 10.1 Å². The number of aryl methyl sites for hydroxylation is 1. The molecule has 16 heavy (non-hydrogen) atoms. The summed E-state index contributed by atoms with van der Waals surface area (Å²) in [6.07, 6.45) is 1.75. The molecule has 92 valence electrons. The summed E-state index contributed by atoms with van der Waals surface area (Å²) in [5.41, 5.74) is 0.551. The Morgan fingerprint density at radius 2 is 1.62 bits per heavy atom. The minimum atomic E-state index is -4.03. The van der Waals surface area contributed by atoms with E-state index in [1.807, 2.05) is 20.8 Å². The number of hydrogen-bond donors (Lipinski definition) is 1. The van der Waals surface area contributed by atoms with Gasteiger partial charge in [-0.2, -0.15) is 8.42 Å². The molecule has 0 unspecified atom stereocenters. The zero-order valence-electron chi connectivity index (χ0n) is 10.3. The van der Waals surface area contributed by atoms with E-state index >= 15 is 0 Å². The first-order valence-corrected chi connectivity index (χ1v) is 6.47. The van der Waals surface area contributed by atoms with Crippen molar-refractivity contribution in [2.75, 3.05) is 0 Å². The van der Waals surface area contributed by atoms with E-state index in [4.69, 9.17) is 4.55 Å². The van der Waals surface area contributed by atoms with Gasteiger partial charge in [0.1, 0.15) is 0 Å². The molecule has 1 aromatic rings. The third-order valence-corrected chi connectivity index (χ3v) is 2.39. The zero-order valence-corrected chi connectivity index (χ0v) is 11.1. The van der Waals surface area contributed by atoms with E-state index in [9.17, 15) is 8.42 Å². The van der Waals surface area contributed by atoms with Crippen molar-refractivity contribution in [1.29, 1.82) is 0 Å². The van der Waals surface area contributed by atoms with Crippen LogP contribution in [-0.2, 0) is 10.1 Å². The van der Waals surface area contributed by atoms with Crippen LogP contribution in [0, 0.1) is 6.92 Å². The van der Waals surface area contributed by atoms with Crippen LogP contribution in [0.5, 0.6) is 0 Å². The highest BCUT2D eigenvalue weighted by Gasteiger charge is 2.10. The van der Waals surface area contributed by atoms with Crippen LogP contribution in [0.15, 0.2) is 41.8 Å². The van der Waals surface area contributed by atoms with Crippen molar-refractivity contribution >= 4 is 10.1 Å². The first kappa shape index (κ1) is 17.3. The Labute approximate surface area is 98.6 Å². The molecule has 1 N–H and O–H groups in total. The highest BCUT2D eigenvalue weighted by Crippen LogP contribution is 2.12. The molecule has 0 amide bonds. The zero-order chi connectivity index (χ0) is 13.2. The first-order valence-electron chi connectivity index (χ1n) is 5.03. The van der Waals surface area contributed by atoms with Crippen molar-refractivity contribution in [2.24, 2.45) is 0 Å². The molecule has 0 bridgehead atoms. The Kier molecular flexibility index (Phi) is 9.85. The molecule has 0 saturated heterocycles. The van der Waals surface area contributed by atoms with Crippen LogP contribution in [0.2, 0.25) is 0 Å². The van der Waals surface area contributed by atoms with Crippen LogP contribution in [-0.4, -0.2) is 13.0 Å². The van der Waals surface area contributed by atoms with Crippen LogP contribution in [0.25, 0.3) is 0 Å². The SMILES string of the molecule is C=CC.CC.Cc1ccccc1S(=O)(=O)O. The molecule has 3 nitrogen and oxygen atoms in total. The van der Waals surface area contributed by atoms with Gasteiger partial charge in [-0.15, -0.1) is 6.58 Å². The summed E-state index contributed by atoms with van der Waals surface area (Å²) in [6.45, 7) is 10.9. The summed E-state index contributed by atoms with van der Waals surface area (Å²) in [7, 11) is -4.03. The molecule has 0 aliphatic heterocycles. The molecule has 0 radical (unpaired) electrons. The quantitative estimate of drug-likeness (QED) is 0.608. The summed E-state index contributed by atoms with van der Waals surface area (Å²) in [5.74, 6) is 0. The predicted molar refractivity (Wildman–Crippen MR) is 68.2 cm³/mol. The predicted octanol–water partition coefficient (Wildman–Crippen LogP) is 3.46. The average molecular weight is 244 g/mol. The van der Waals surface area contributed by atoms with Gasteiger partial charge in [-0.05, 0) is 25.5 Å². The van der Waals surface area contributed by atoms with Crippen molar-refractivity contribution < 1.29 is 13.0 Å². The third kappa shape index (κ3) is 7.20. The van der Waals surface area contributed by atoms with Crippen LogP contribution < -0.4 is 0 Å². The van der Waals surface area contributed by atoms with E-state index in [1.165, 1.54) is 6.07 Å². The second-order valence-corrected chi connectivity index (χ2v) is 4.04. The molecule has 0 heterocycles. The van der Waals surface area contributed by atoms with Gasteiger partial charge in [0.15, 0.2) is 0 Å². The summed E-state index contributed by atoms with van der Waals surface area (Å²) < 4.78 is 29.9. The van der Waals surface area contributed by atoms with Crippen LogP contribution in [0.3, 0.4) is 0 Å². The Hall–Kier alpha value is -1.13. The van der Waals surface area contributed by atoms with E-state index in [-0.39, 0.29) is 4.90 Å². The molecule has 0 aromatic heterocycles. The van der Waals surface area contributed by atoms with Crippen molar-refractivity contribution in [2.45, 2.75) is 32.6 Å². The van der Waals surface area contributed by atoms with Gasteiger partial charge >= 0.3 is 0 Å². The van der Waals surface area contributed by atoms with Gasteiger partial charge < -0.3 is 0 Å². The molecule has 0 aliphatic rings. The molecular weight excluding hydrogens is 224 g/mol. The molecule has 0 atom stereocenters. The number of hydrogen-bond acceptors (Lipinski definition) is 2. The standard InChI is InChI=1S/C7H8O3S.C3H6.C2H6/c1-6-4-2-3-5-7(6)11(8,9)10;1-3-2;1-2/h2-5H,1H3,(H,8,9,10);3H,1H2,2H3;1-2H3. The van der Waals surface area contributed by atoms with Gasteiger partial charge in [-0.25, -0.2) is 0 Å². The number of allylic oxidation sites excluding steroid dienone is 1. The van der Waals surface area contributed by atoms with Gasteiger partial charge in [0.25, 0.3) is 10.1 Å². The first-order chi connectivity index (χ1) is 7.43. The highest BCUT2D eigenvalue weighted by molar-refractivity contribution is 7.85. The minimum absolute atomic E-state index is 0.0278. The van der Waals surface area contributed by atoms with Gasteiger partial charge in [0.05, 0.1) is 4.90 Å². The average Bonchev–Trinajstić information content (AvgIpc) is 2.21. The summed E-state index contributed by atoms with van der Waals surface area (Å²) in [5, 5.41) is 0. The smallest absolute Gasteiger partial charge is 0.282 e. The number of rotatable bonds is 1. The van der Waals surface area contributed by atoms with E-state index in [1.54, 1.807) is 31.2 Å². The molecular formula is C12H20O3S. The Morgan fingerprint density at radius 1 is 1.25 bits per heavy atom. The monoisotopic (exact) mass is 244 g/mol. The topological polar surface area (TPSA) is 54.4 Å². The maximum absolute atomic E-state index is 10.6. The van der Waals surface area contributed by atoms with Crippen molar-refractivity contribution in [3.63, 3.8) is 0 Å². The lowest BCUT2D eigenvalue weighted by molar-refractivity contribution is 0.482. The second kappa shape index (κ2) is 9.12. The normalized spacial score (nSPS) is 9.06. The minimum Gasteiger partial charge on any atom is -0.282 e. The fraction of sp³-hybridized carbons (Fsp3) is 0.333. The van der Waals surface area contributed by atoms with Crippen LogP contribution >= 0.6 is 0 Å². The van der Waals surface area contributed by atoms with Crippen LogP contribution in [0.4, 0.5) is 0 Å². The van der Waals surface area contributed by atoms with Crippen molar-refractivity contribution in [1.82, 2.24) is 0 Å². The summed E-state index contributed by atoms with van der Waals surface area (Å²) in [4.78, 5) is -0.0278. The largest absolute Gasteiger partial charge is 0.294 e. The Bertz CT molecular complexity index is 394. The number of benzene rings is 1. The van der Waals surface area contributed by atoms with Gasteiger partial charge in [0.2, 0.25) is 0 Å². The molecule has 1 aromatic carbocycles. The highest BCUT2D eigenvalue weighted by atomic mass is 32.2. The Morgan fingerprint density at radius 3 is 1.88 bits per heavy atom. The van der Waals surface area contributed by atoms with E-state index in [0.29, 0.717) is 5.56 Å². The summed E-state index contributed by atoms with van der Waals surface area (Å²) in [6, 6.07) is 6.27. The van der Waals surface area contributed by atoms with E-state index in [2.05, 4.69) is 6.58 Å². The lowest BCUT2D eigenvalue weighted by Gasteiger charge is -1.99. The third-order valence-electron chi connectivity index (χ3n) is 1.37. The molecule has 0 fully saturated rings. The lowest BCUT2D eigenvalue weighted by atomic mass is 10.2. The van der Waals surface area contributed by atoms with Crippen molar-refractivity contribution in [3.8, 4) is 0 Å². The second-order valence-electron chi connectivity index (χ2n) is 2.65. The molecule has 4 heteroatoms. The van der Waals surface area contributed by atoms with Gasteiger partial charge in [-0.3, -0.25) is 4.55 Å². The van der Waals surface area contributed by atoms with Gasteiger partial charge in [-0.1, -0.05) is 38.1 Å². The molecule has 0 spiro atoms. The fourth-order valence-electron chi connectivity index (χ4n) is 0.846. The maximum Gasteiger partial charge on any atom is 0.294 e. The summed E-state index contributed by atoms with van der Waals surface area (Å²) >= 11 is 0. The van der Waals surface area contributed by atoms with Crippen LogP contribution in [0.1, 0.15) is 26.3 Å². The molecule has 0 aliphatic carbocycles. The maximum atomic E-state index is 10.6.